The maximum absolute atomic E-state index is 12.7. The molecule has 0 radical (unpaired) electrons. The summed E-state index contributed by atoms with van der Waals surface area (Å²) in [6.45, 7) is 3.65. The maximum Gasteiger partial charge on any atom is 0.481 e. The van der Waals surface area contributed by atoms with Gasteiger partial charge in [-0.05, 0) is 13.3 Å². The molecular formula is C27H46N7O18P3S. The van der Waals surface area contributed by atoms with Crippen molar-refractivity contribution in [3.8, 4) is 0 Å². The Hall–Kier alpha value is -2.48. The van der Waals surface area contributed by atoms with Gasteiger partial charge in [0.15, 0.2) is 22.8 Å². The highest BCUT2D eigenvalue weighted by Gasteiger charge is 2.50. The summed E-state index contributed by atoms with van der Waals surface area (Å²) in [5.41, 5.74) is 3.12. The number of nitrogen functional groups attached to an aromatic ring is 1. The summed E-state index contributed by atoms with van der Waals surface area (Å²) in [5.74, 6) is -1.26. The molecule has 1 fully saturated rings. The van der Waals surface area contributed by atoms with Crippen LogP contribution in [-0.4, -0.2) is 133 Å². The fourth-order valence-electron chi connectivity index (χ4n) is 4.78. The summed E-state index contributed by atoms with van der Waals surface area (Å²) in [7, 11) is -16.4. The van der Waals surface area contributed by atoms with E-state index in [0.717, 1.165) is 29.0 Å². The summed E-state index contributed by atoms with van der Waals surface area (Å²) in [6, 6.07) is 0. The van der Waals surface area contributed by atoms with Crippen LogP contribution in [0.15, 0.2) is 12.7 Å². The molecule has 2 aromatic rings. The van der Waals surface area contributed by atoms with Gasteiger partial charge < -0.3 is 56.0 Å². The van der Waals surface area contributed by atoms with E-state index in [9.17, 15) is 63.0 Å². The zero-order chi connectivity index (χ0) is 42.3. The van der Waals surface area contributed by atoms with Gasteiger partial charge in [0.1, 0.15) is 36.3 Å². The molecule has 8 atom stereocenters. The van der Waals surface area contributed by atoms with Crippen LogP contribution >= 0.6 is 35.2 Å². The number of carbonyl (C=O) groups excluding carboxylic acids is 3. The average Bonchev–Trinajstić information content (AvgIpc) is 3.64. The minimum atomic E-state index is -5.58. The molecule has 3 heterocycles. The number of aliphatic hydroxyl groups is 3. The predicted octanol–water partition coefficient (Wildman–Crippen LogP) is -0.784. The molecule has 0 aromatic carbocycles. The van der Waals surface area contributed by atoms with Crippen LogP contribution in [0.25, 0.3) is 11.2 Å². The topological polar surface area (TPSA) is 384 Å². The molecule has 11 N–H and O–H groups in total. The van der Waals surface area contributed by atoms with E-state index in [1.165, 1.54) is 13.8 Å². The Kier molecular flexibility index (Phi) is 16.7. The smallest absolute Gasteiger partial charge is 0.390 e. The number of phosphoric acid groups is 3. The Balaban J connectivity index is 1.49. The summed E-state index contributed by atoms with van der Waals surface area (Å²) >= 11 is 0.952. The lowest BCUT2D eigenvalue weighted by molar-refractivity contribution is -0.137. The maximum atomic E-state index is 12.7. The van der Waals surface area contributed by atoms with E-state index in [2.05, 4.69) is 34.4 Å². The lowest BCUT2D eigenvalue weighted by atomic mass is 9.87. The molecule has 2 amide bonds. The van der Waals surface area contributed by atoms with E-state index in [1.807, 2.05) is 0 Å². The molecule has 3 rings (SSSR count). The average molecular weight is 882 g/mol. The van der Waals surface area contributed by atoms with E-state index in [0.29, 0.717) is 6.42 Å². The molecule has 1 aliphatic rings. The van der Waals surface area contributed by atoms with E-state index in [4.69, 9.17) is 19.5 Å². The molecule has 56 heavy (non-hydrogen) atoms. The number of nitrogens with zero attached hydrogens (tertiary/aromatic N) is 4. The number of anilines is 1. The summed E-state index contributed by atoms with van der Waals surface area (Å²) in [4.78, 5) is 87.4. The fourth-order valence-corrected chi connectivity index (χ4v) is 8.46. The molecule has 29 heteroatoms. The molecule has 0 saturated carbocycles. The highest BCUT2D eigenvalue weighted by Crippen LogP contribution is 2.61. The monoisotopic (exact) mass is 881 g/mol. The normalized spacial score (nSPS) is 22.8. The first-order chi connectivity index (χ1) is 25.8. The summed E-state index contributed by atoms with van der Waals surface area (Å²) in [6.07, 6.45) is -6.63. The van der Waals surface area contributed by atoms with Gasteiger partial charge in [0.05, 0.1) is 25.1 Å². The number of hydrogen-bond acceptors (Lipinski definition) is 19. The number of phosphoric ester groups is 3. The number of thioether (sulfide) groups is 1. The van der Waals surface area contributed by atoms with Crippen LogP contribution in [-0.2, 0) is 50.7 Å². The number of ether oxygens (including phenoxy) is 1. The van der Waals surface area contributed by atoms with E-state index in [1.54, 1.807) is 13.8 Å². The van der Waals surface area contributed by atoms with Crippen molar-refractivity contribution in [3.05, 3.63) is 12.7 Å². The number of nitrogens with two attached hydrogens (primary N) is 1. The molecule has 4 unspecified atom stereocenters. The molecule has 0 spiro atoms. The first-order valence-electron chi connectivity index (χ1n) is 16.5. The van der Waals surface area contributed by atoms with Crippen molar-refractivity contribution in [1.82, 2.24) is 30.2 Å². The van der Waals surface area contributed by atoms with Crippen LogP contribution in [0, 0.1) is 5.41 Å². The third-order valence-corrected chi connectivity index (χ3v) is 12.0. The Morgan fingerprint density at radius 3 is 2.36 bits per heavy atom. The van der Waals surface area contributed by atoms with Gasteiger partial charge in [-0.25, -0.2) is 28.6 Å². The van der Waals surface area contributed by atoms with Crippen molar-refractivity contribution < 1.29 is 85.6 Å². The zero-order valence-electron chi connectivity index (χ0n) is 30.4. The highest BCUT2D eigenvalue weighted by atomic mass is 32.2. The Labute approximate surface area is 323 Å². The van der Waals surface area contributed by atoms with Crippen molar-refractivity contribution in [3.63, 3.8) is 0 Å². The highest BCUT2D eigenvalue weighted by molar-refractivity contribution is 8.13. The number of imidazole rings is 1. The van der Waals surface area contributed by atoms with E-state index < -0.39 is 90.2 Å². The third-order valence-electron chi connectivity index (χ3n) is 8.05. The van der Waals surface area contributed by atoms with Gasteiger partial charge in [-0.2, -0.15) is 4.31 Å². The zero-order valence-corrected chi connectivity index (χ0v) is 33.9. The van der Waals surface area contributed by atoms with Crippen LogP contribution in [0.3, 0.4) is 0 Å². The molecule has 0 bridgehead atoms. The van der Waals surface area contributed by atoms with Crippen molar-refractivity contribution in [1.29, 1.82) is 0 Å². The number of nitrogens with one attached hydrogen (secondary N) is 2. The molecule has 1 aliphatic heterocycles. The number of carbonyl (C=O) groups is 3. The third kappa shape index (κ3) is 14.4. The van der Waals surface area contributed by atoms with Gasteiger partial charge in [0.2, 0.25) is 11.8 Å². The number of fused-ring (bicyclic) bond motifs is 1. The van der Waals surface area contributed by atoms with Gasteiger partial charge in [0, 0.05) is 37.1 Å². The van der Waals surface area contributed by atoms with Crippen LogP contribution in [0.4, 0.5) is 5.82 Å². The quantitative estimate of drug-likeness (QED) is 0.0512. The standard InChI is InChI=1S/C27H46N7O18P3S/c1-5-27(4,40)10-17(36)56-9-8-29-16(35)6-7-30-24(39)21(38)26(2,3)12-49-55(46,47)52-54(44,45)48-11-15-20(51-53(41,42)43)19(37)25(50-15)34-14-33-18-22(28)31-13-32-23(18)34/h13-15,19-21,25,37-38,40H,5-12H2,1-4H3,(H,29,35)(H,30,39)(H,44,45)(H,46,47)(H2,28,31,32)(H2,41,42,43)/t15-,19-,20-,21?,25-,27?/m1/s1. The molecule has 0 aliphatic carbocycles. The largest absolute Gasteiger partial charge is 0.481 e. The minimum absolute atomic E-state index is 0.0258. The fraction of sp³-hybridized carbons (Fsp3) is 0.704. The van der Waals surface area contributed by atoms with Gasteiger partial charge in [0.25, 0.3) is 0 Å². The summed E-state index contributed by atoms with van der Waals surface area (Å²) in [5, 5.41) is 36.0. The Bertz CT molecular complexity index is 1850. The van der Waals surface area contributed by atoms with Crippen molar-refractivity contribution in [2.45, 2.75) is 83.2 Å². The van der Waals surface area contributed by atoms with E-state index >= 15 is 0 Å². The second kappa shape index (κ2) is 19.5. The van der Waals surface area contributed by atoms with E-state index in [-0.39, 0.29) is 53.8 Å². The van der Waals surface area contributed by atoms with Crippen molar-refractivity contribution >= 4 is 69.1 Å². The van der Waals surface area contributed by atoms with Crippen LogP contribution in [0.2, 0.25) is 0 Å². The Morgan fingerprint density at radius 2 is 1.71 bits per heavy atom. The SMILES string of the molecule is CCC(C)(O)CC(=O)SCCNC(=O)CCNC(=O)C(O)C(C)(C)COP(=O)(O)OP(=O)(O)OC[C@H]1O[C@@H](n2cnc3c(N)ncnc32)[C@H](O)[C@@H]1OP(=O)(O)O. The predicted molar refractivity (Wildman–Crippen MR) is 193 cm³/mol. The number of aromatic nitrogens is 4. The van der Waals surface area contributed by atoms with Crippen LogP contribution in [0.1, 0.15) is 53.2 Å². The van der Waals surface area contributed by atoms with Gasteiger partial charge in [-0.3, -0.25) is 32.5 Å². The molecule has 2 aromatic heterocycles. The van der Waals surface area contributed by atoms with Gasteiger partial charge in [-0.15, -0.1) is 0 Å². The summed E-state index contributed by atoms with van der Waals surface area (Å²) < 4.78 is 62.0. The Morgan fingerprint density at radius 1 is 1.05 bits per heavy atom. The lowest BCUT2D eigenvalue weighted by Gasteiger charge is -2.30. The van der Waals surface area contributed by atoms with Gasteiger partial charge in [-0.1, -0.05) is 32.5 Å². The minimum Gasteiger partial charge on any atom is -0.390 e. The molecular weight excluding hydrogens is 835 g/mol. The number of hydrogen-bond donors (Lipinski definition) is 10. The molecule has 25 nitrogen and oxygen atoms in total. The lowest BCUT2D eigenvalue weighted by Crippen LogP contribution is -2.46. The first kappa shape index (κ1) is 47.9. The number of aliphatic hydroxyl groups excluding tert-OH is 2. The van der Waals surface area contributed by atoms with Crippen LogP contribution in [0.5, 0.6) is 0 Å². The number of rotatable bonds is 22. The second-order valence-corrected chi connectivity index (χ2v) is 18.7. The van der Waals surface area contributed by atoms with Gasteiger partial charge >= 0.3 is 23.5 Å². The number of amides is 2. The second-order valence-electron chi connectivity index (χ2n) is 13.3. The van der Waals surface area contributed by atoms with Crippen LogP contribution < -0.4 is 16.4 Å². The van der Waals surface area contributed by atoms with Crippen molar-refractivity contribution in [2.24, 2.45) is 5.41 Å². The first-order valence-corrected chi connectivity index (χ1v) is 22.0. The molecule has 1 saturated heterocycles. The van der Waals surface area contributed by atoms with Crippen molar-refractivity contribution in [2.75, 3.05) is 37.8 Å². The molecule has 318 valence electrons.